The highest BCUT2D eigenvalue weighted by atomic mass is 16.3. The lowest BCUT2D eigenvalue weighted by molar-refractivity contribution is -0.552. The Labute approximate surface area is 323 Å². The van der Waals surface area contributed by atoms with E-state index in [4.69, 9.17) is 4.98 Å². The second kappa shape index (κ2) is 17.7. The van der Waals surface area contributed by atoms with Crippen LogP contribution in [-0.2, 0) is 23.1 Å². The Morgan fingerprint density at radius 2 is 1.37 bits per heavy atom. The molecule has 0 spiro atoms. The molecule has 2 N–H and O–H groups in total. The molecule has 1 aromatic heterocycles. The molecule has 6 nitrogen and oxygen atoms in total. The Balaban J connectivity index is 1.07. The zero-order chi connectivity index (χ0) is 38.2. The lowest BCUT2D eigenvalue weighted by atomic mass is 9.73. The highest BCUT2D eigenvalue weighted by Crippen LogP contribution is 2.37. The number of rotatable bonds is 18. The third-order valence-electron chi connectivity index (χ3n) is 11.5. The smallest absolute Gasteiger partial charge is 0.359 e. The quantitative estimate of drug-likeness (QED) is 0.0788. The summed E-state index contributed by atoms with van der Waals surface area (Å²) in [5, 5.41) is 13.4. The number of carbonyl (C=O) groups excluding carboxylic acids is 2. The van der Waals surface area contributed by atoms with Gasteiger partial charge >= 0.3 is 11.7 Å². The topological polar surface area (TPSA) is 83.2 Å². The van der Waals surface area contributed by atoms with Crippen molar-refractivity contribution < 1.29 is 19.3 Å². The molecule has 3 unspecified atom stereocenters. The van der Waals surface area contributed by atoms with Crippen molar-refractivity contribution in [3.8, 4) is 17.0 Å². The van der Waals surface area contributed by atoms with Crippen LogP contribution in [0.1, 0.15) is 138 Å². The van der Waals surface area contributed by atoms with Crippen molar-refractivity contribution in [2.45, 2.75) is 130 Å². The van der Waals surface area contributed by atoms with Crippen molar-refractivity contribution >= 4 is 23.1 Å². The van der Waals surface area contributed by atoms with E-state index in [9.17, 15) is 14.7 Å². The first-order valence-electron chi connectivity index (χ1n) is 20.5. The number of hydrogen-bond acceptors (Lipinski definition) is 5. The molecule has 4 aromatic rings. The van der Waals surface area contributed by atoms with Gasteiger partial charge in [0, 0.05) is 29.9 Å². The number of hydrogen-bond donors (Lipinski definition) is 2. The number of Topliss-reactive ketones (excluding diaryl/α,β-unsaturated/α-hetero) is 1. The monoisotopic (exact) mass is 726 g/mol. The molecule has 3 atom stereocenters. The maximum absolute atomic E-state index is 14.0. The molecular weight excluding hydrogens is 667 g/mol. The fourth-order valence-electron chi connectivity index (χ4n) is 7.89. The molecule has 2 aliphatic rings. The number of unbranched alkanes of at least 4 members (excludes halogenated alkanes) is 9. The summed E-state index contributed by atoms with van der Waals surface area (Å²) in [4.78, 5) is 32.3. The predicted octanol–water partition coefficient (Wildman–Crippen LogP) is 10.8. The zero-order valence-electron chi connectivity index (χ0n) is 33.2. The maximum atomic E-state index is 14.0. The second-order valence-electron chi connectivity index (χ2n) is 16.8. The van der Waals surface area contributed by atoms with Crippen LogP contribution in [0.15, 0.2) is 85.1 Å². The van der Waals surface area contributed by atoms with Gasteiger partial charge in [-0.2, -0.15) is 4.57 Å². The molecule has 0 fully saturated rings. The standard InChI is InChI=1S/C48H59N3O3/c1-6-7-8-9-10-11-12-13-14-15-16-33(2)40-31-41(45(40)53)36-21-17-34(18-22-36)30-43-47(54)51-32-44(37-23-25-38(26-24-37)48(3,4)5)49-42(46(51)50-43)29-35-19-27-39(52)28-20-35/h17-28,31-33,40,43,52H,6-16,29-30H2,1-5H3/p+1. The van der Waals surface area contributed by atoms with Crippen LogP contribution in [0.25, 0.3) is 16.8 Å². The van der Waals surface area contributed by atoms with E-state index in [0.29, 0.717) is 24.6 Å². The number of anilines is 1. The number of phenolic OH excluding ortho intramolecular Hbond substituents is 1. The van der Waals surface area contributed by atoms with Crippen LogP contribution in [0.5, 0.6) is 5.75 Å². The van der Waals surface area contributed by atoms with E-state index in [-0.39, 0.29) is 28.8 Å². The Morgan fingerprint density at radius 3 is 1.98 bits per heavy atom. The molecule has 1 aliphatic carbocycles. The number of nitrogens with zero attached hydrogens (tertiary/aromatic N) is 2. The summed E-state index contributed by atoms with van der Waals surface area (Å²) in [7, 11) is 0. The average molecular weight is 727 g/mol. The number of ketones is 1. The molecule has 0 bridgehead atoms. The molecule has 0 radical (unpaired) electrons. The van der Waals surface area contributed by atoms with E-state index < -0.39 is 6.04 Å². The highest BCUT2D eigenvalue weighted by molar-refractivity contribution is 6.28. The SMILES string of the molecule is CCCCCCCCCCCCC(C)C1C=C(c2ccc(CC3Nc4c(Cc5ccc(O)cc5)nc(-c5ccc(C(C)(C)C)cc5)c[n+]4C3=O)cc2)C1=O. The third-order valence-corrected chi connectivity index (χ3v) is 11.5. The number of aromatic nitrogens is 2. The number of fused-ring (bicyclic) bond motifs is 1. The first-order chi connectivity index (χ1) is 26.0. The lowest BCUT2D eigenvalue weighted by Crippen LogP contribution is -2.44. The largest absolute Gasteiger partial charge is 0.508 e. The summed E-state index contributed by atoms with van der Waals surface area (Å²) < 4.78 is 1.73. The van der Waals surface area contributed by atoms with Crippen LogP contribution in [0.4, 0.5) is 5.82 Å². The number of carbonyl (C=O) groups is 2. The minimum absolute atomic E-state index is 0.0212. The summed E-state index contributed by atoms with van der Waals surface area (Å²) in [5.74, 6) is 1.56. The molecule has 2 heterocycles. The van der Waals surface area contributed by atoms with Gasteiger partial charge in [0.15, 0.2) is 11.8 Å². The van der Waals surface area contributed by atoms with E-state index in [2.05, 4.69) is 70.3 Å². The number of aromatic hydroxyl groups is 1. The number of benzene rings is 3. The van der Waals surface area contributed by atoms with Gasteiger partial charge in [-0.1, -0.05) is 166 Å². The van der Waals surface area contributed by atoms with Gasteiger partial charge in [-0.25, -0.2) is 9.78 Å². The van der Waals surface area contributed by atoms with Gasteiger partial charge in [0.2, 0.25) is 0 Å². The molecule has 6 rings (SSSR count). The van der Waals surface area contributed by atoms with E-state index in [1.54, 1.807) is 16.7 Å². The molecular formula is C48H60N3O3+. The van der Waals surface area contributed by atoms with E-state index in [1.165, 1.54) is 69.8 Å². The van der Waals surface area contributed by atoms with Gasteiger partial charge in [-0.15, -0.1) is 0 Å². The summed E-state index contributed by atoms with van der Waals surface area (Å²) in [6.45, 7) is 11.1. The molecule has 0 amide bonds. The molecule has 0 saturated carbocycles. The van der Waals surface area contributed by atoms with Crippen molar-refractivity contribution in [1.82, 2.24) is 4.98 Å². The van der Waals surface area contributed by atoms with Crippen LogP contribution in [-0.4, -0.2) is 27.8 Å². The highest BCUT2D eigenvalue weighted by Gasteiger charge is 2.41. The fourth-order valence-corrected chi connectivity index (χ4v) is 7.89. The summed E-state index contributed by atoms with van der Waals surface area (Å²) in [5.41, 5.74) is 7.54. The van der Waals surface area contributed by atoms with Crippen LogP contribution in [0, 0.1) is 11.8 Å². The predicted molar refractivity (Wildman–Crippen MR) is 220 cm³/mol. The van der Waals surface area contributed by atoms with Crippen LogP contribution in [0.3, 0.4) is 0 Å². The van der Waals surface area contributed by atoms with Crippen molar-refractivity contribution in [3.05, 3.63) is 113 Å². The minimum atomic E-state index is -0.449. The van der Waals surface area contributed by atoms with Crippen LogP contribution >= 0.6 is 0 Å². The summed E-state index contributed by atoms with van der Waals surface area (Å²) in [6, 6.07) is 23.3. The Hall–Kier alpha value is -4.58. The second-order valence-corrected chi connectivity index (χ2v) is 16.8. The third kappa shape index (κ3) is 9.55. The number of allylic oxidation sites excluding steroid dienone is 2. The van der Waals surface area contributed by atoms with E-state index in [0.717, 1.165) is 45.6 Å². The Morgan fingerprint density at radius 1 is 0.778 bits per heavy atom. The van der Waals surface area contributed by atoms with Crippen LogP contribution < -0.4 is 9.88 Å². The van der Waals surface area contributed by atoms with Gasteiger partial charge in [-0.05, 0) is 52.1 Å². The molecule has 54 heavy (non-hydrogen) atoms. The van der Waals surface area contributed by atoms with Crippen molar-refractivity contribution in [1.29, 1.82) is 0 Å². The molecule has 3 aromatic carbocycles. The van der Waals surface area contributed by atoms with Gasteiger partial charge in [0.25, 0.3) is 0 Å². The number of phenols is 1. The average Bonchev–Trinajstić information content (AvgIpc) is 3.47. The Bertz CT molecular complexity index is 1920. The van der Waals surface area contributed by atoms with Crippen molar-refractivity contribution in [2.24, 2.45) is 11.8 Å². The lowest BCUT2D eigenvalue weighted by Gasteiger charge is -2.29. The van der Waals surface area contributed by atoms with Gasteiger partial charge < -0.3 is 5.11 Å². The Kier molecular flexibility index (Phi) is 12.8. The van der Waals surface area contributed by atoms with E-state index in [1.807, 2.05) is 42.6 Å². The molecule has 6 heteroatoms. The van der Waals surface area contributed by atoms with Crippen molar-refractivity contribution in [3.63, 3.8) is 0 Å². The molecule has 284 valence electrons. The van der Waals surface area contributed by atoms with Gasteiger partial charge in [0.05, 0.1) is 0 Å². The fraction of sp³-hybridized carbons (Fsp3) is 0.458. The van der Waals surface area contributed by atoms with Gasteiger partial charge in [0.1, 0.15) is 23.3 Å². The minimum Gasteiger partial charge on any atom is -0.508 e. The van der Waals surface area contributed by atoms with Crippen LogP contribution in [0.2, 0.25) is 0 Å². The van der Waals surface area contributed by atoms with Gasteiger partial charge in [-0.3, -0.25) is 10.1 Å². The normalized spacial score (nSPS) is 17.2. The van der Waals surface area contributed by atoms with Crippen molar-refractivity contribution in [2.75, 3.05) is 5.32 Å². The molecule has 0 saturated heterocycles. The first kappa shape index (κ1) is 39.1. The summed E-state index contributed by atoms with van der Waals surface area (Å²) in [6.07, 6.45) is 19.5. The number of nitrogens with one attached hydrogen (secondary N) is 1. The summed E-state index contributed by atoms with van der Waals surface area (Å²) >= 11 is 0. The molecule has 1 aliphatic heterocycles. The van der Waals surface area contributed by atoms with E-state index >= 15 is 0 Å². The zero-order valence-corrected chi connectivity index (χ0v) is 33.2. The first-order valence-corrected chi connectivity index (χ1v) is 20.5. The maximum Gasteiger partial charge on any atom is 0.359 e.